The first-order valence-corrected chi connectivity index (χ1v) is 5.63. The van der Waals surface area contributed by atoms with Gasteiger partial charge in [0.25, 0.3) is 0 Å². The lowest BCUT2D eigenvalue weighted by atomic mass is 10.1. The van der Waals surface area contributed by atoms with Crippen LogP contribution in [-0.2, 0) is 11.8 Å². The molecule has 1 aromatic carbocycles. The first-order valence-electron chi connectivity index (χ1n) is 5.63. The van der Waals surface area contributed by atoms with E-state index in [2.05, 4.69) is 5.32 Å². The molecule has 104 valence electrons. The Kier molecular flexibility index (Phi) is 4.74. The second-order valence-electron chi connectivity index (χ2n) is 4.24. The quantitative estimate of drug-likeness (QED) is 0.883. The number of halogens is 1. The van der Waals surface area contributed by atoms with E-state index < -0.39 is 5.76 Å². The largest absolute Gasteiger partial charge is 0.419 e. The molecular weight excluding hydrogens is 270 g/mol. The summed E-state index contributed by atoms with van der Waals surface area (Å²) in [5.41, 5.74) is 7.17. The van der Waals surface area contributed by atoms with Crippen molar-refractivity contribution in [1.82, 2.24) is 4.57 Å². The SMILES string of the molecule is CC(CN)C(=O)Nc1ccc2oc(=O)n(C)c2c1.Cl. The summed E-state index contributed by atoms with van der Waals surface area (Å²) < 4.78 is 6.39. The minimum atomic E-state index is -0.427. The molecule has 2 rings (SSSR count). The van der Waals surface area contributed by atoms with E-state index >= 15 is 0 Å². The Balaban J connectivity index is 0.00000180. The molecular formula is C12H16ClN3O3. The molecule has 0 aliphatic carbocycles. The van der Waals surface area contributed by atoms with Gasteiger partial charge in [-0.2, -0.15) is 0 Å². The van der Waals surface area contributed by atoms with Crippen LogP contribution in [0.1, 0.15) is 6.92 Å². The molecule has 0 saturated heterocycles. The zero-order valence-electron chi connectivity index (χ0n) is 10.7. The zero-order valence-corrected chi connectivity index (χ0v) is 11.5. The average molecular weight is 286 g/mol. The number of carbonyl (C=O) groups excluding carboxylic acids is 1. The van der Waals surface area contributed by atoms with E-state index in [-0.39, 0.29) is 30.8 Å². The van der Waals surface area contributed by atoms with Crippen molar-refractivity contribution in [3.05, 3.63) is 28.7 Å². The van der Waals surface area contributed by atoms with Crippen molar-refractivity contribution in [1.29, 1.82) is 0 Å². The van der Waals surface area contributed by atoms with Gasteiger partial charge in [0.1, 0.15) is 0 Å². The number of oxazole rings is 1. The average Bonchev–Trinajstić information content (AvgIpc) is 2.64. The standard InChI is InChI=1S/C12H15N3O3.ClH/c1-7(6-13)11(16)14-8-3-4-10-9(5-8)15(2)12(17)18-10;/h3-5,7H,6,13H2,1-2H3,(H,14,16);1H. The van der Waals surface area contributed by atoms with E-state index in [0.717, 1.165) is 0 Å². The molecule has 0 spiro atoms. The lowest BCUT2D eigenvalue weighted by Crippen LogP contribution is -2.26. The smallest absolute Gasteiger partial charge is 0.408 e. The van der Waals surface area contributed by atoms with Crippen LogP contribution in [0.2, 0.25) is 0 Å². The van der Waals surface area contributed by atoms with Gasteiger partial charge in [-0.1, -0.05) is 6.92 Å². The lowest BCUT2D eigenvalue weighted by molar-refractivity contribution is -0.119. The van der Waals surface area contributed by atoms with Crippen molar-refractivity contribution in [2.75, 3.05) is 11.9 Å². The Morgan fingerprint density at radius 1 is 1.53 bits per heavy atom. The number of fused-ring (bicyclic) bond motifs is 1. The van der Waals surface area contributed by atoms with Gasteiger partial charge in [0.2, 0.25) is 5.91 Å². The number of aromatic nitrogens is 1. The van der Waals surface area contributed by atoms with Crippen molar-refractivity contribution >= 4 is 35.1 Å². The van der Waals surface area contributed by atoms with Crippen LogP contribution in [0.5, 0.6) is 0 Å². The fraction of sp³-hybridized carbons (Fsp3) is 0.333. The molecule has 1 amide bonds. The maximum absolute atomic E-state index is 11.7. The molecule has 1 unspecified atom stereocenters. The van der Waals surface area contributed by atoms with E-state index in [1.54, 1.807) is 32.2 Å². The fourth-order valence-corrected chi connectivity index (χ4v) is 1.58. The monoisotopic (exact) mass is 285 g/mol. The predicted molar refractivity (Wildman–Crippen MR) is 75.6 cm³/mol. The summed E-state index contributed by atoms with van der Waals surface area (Å²) in [6.45, 7) is 2.04. The minimum absolute atomic E-state index is 0. The Morgan fingerprint density at radius 2 is 2.21 bits per heavy atom. The normalized spacial score (nSPS) is 11.9. The summed E-state index contributed by atoms with van der Waals surface area (Å²) in [6, 6.07) is 5.03. The molecule has 6 nitrogen and oxygen atoms in total. The van der Waals surface area contributed by atoms with Crippen molar-refractivity contribution in [2.45, 2.75) is 6.92 Å². The number of anilines is 1. The van der Waals surface area contributed by atoms with Gasteiger partial charge in [0.05, 0.1) is 5.52 Å². The number of nitrogens with zero attached hydrogens (tertiary/aromatic N) is 1. The van der Waals surface area contributed by atoms with Crippen molar-refractivity contribution in [3.63, 3.8) is 0 Å². The summed E-state index contributed by atoms with van der Waals surface area (Å²) in [4.78, 5) is 23.0. The van der Waals surface area contributed by atoms with Gasteiger partial charge in [0.15, 0.2) is 5.58 Å². The van der Waals surface area contributed by atoms with Gasteiger partial charge in [0, 0.05) is 25.2 Å². The molecule has 1 atom stereocenters. The van der Waals surface area contributed by atoms with Crippen LogP contribution in [-0.4, -0.2) is 17.0 Å². The molecule has 1 aromatic heterocycles. The Morgan fingerprint density at radius 3 is 2.84 bits per heavy atom. The Labute approximate surface area is 116 Å². The van der Waals surface area contributed by atoms with E-state index in [0.29, 0.717) is 16.8 Å². The third-order valence-corrected chi connectivity index (χ3v) is 2.86. The topological polar surface area (TPSA) is 90.3 Å². The predicted octanol–water partition coefficient (Wildman–Crippen LogP) is 1.09. The molecule has 0 fully saturated rings. The van der Waals surface area contributed by atoms with E-state index in [9.17, 15) is 9.59 Å². The first kappa shape index (κ1) is 15.3. The van der Waals surface area contributed by atoms with Crippen LogP contribution in [0.25, 0.3) is 11.1 Å². The van der Waals surface area contributed by atoms with E-state index in [1.807, 2.05) is 0 Å². The van der Waals surface area contributed by atoms with Gasteiger partial charge in [-0.05, 0) is 18.2 Å². The highest BCUT2D eigenvalue weighted by atomic mass is 35.5. The molecule has 0 aliphatic heterocycles. The highest BCUT2D eigenvalue weighted by Gasteiger charge is 2.12. The van der Waals surface area contributed by atoms with Crippen LogP contribution in [0.15, 0.2) is 27.4 Å². The fourth-order valence-electron chi connectivity index (χ4n) is 1.58. The lowest BCUT2D eigenvalue weighted by Gasteiger charge is -2.09. The maximum Gasteiger partial charge on any atom is 0.419 e. The molecule has 0 saturated carbocycles. The number of amides is 1. The van der Waals surface area contributed by atoms with Crippen molar-refractivity contribution in [3.8, 4) is 0 Å². The third-order valence-electron chi connectivity index (χ3n) is 2.86. The zero-order chi connectivity index (χ0) is 13.3. The third kappa shape index (κ3) is 2.97. The van der Waals surface area contributed by atoms with Gasteiger partial charge >= 0.3 is 5.76 Å². The molecule has 3 N–H and O–H groups in total. The molecule has 7 heteroatoms. The van der Waals surface area contributed by atoms with Crippen LogP contribution in [0.4, 0.5) is 5.69 Å². The second kappa shape index (κ2) is 5.90. The minimum Gasteiger partial charge on any atom is -0.408 e. The molecule has 1 heterocycles. The number of hydrogen-bond donors (Lipinski definition) is 2. The molecule has 2 aromatic rings. The summed E-state index contributed by atoms with van der Waals surface area (Å²) >= 11 is 0. The Bertz CT molecular complexity index is 647. The van der Waals surface area contributed by atoms with Gasteiger partial charge in [-0.15, -0.1) is 12.4 Å². The van der Waals surface area contributed by atoms with Crippen LogP contribution in [0.3, 0.4) is 0 Å². The molecule has 0 aliphatic rings. The summed E-state index contributed by atoms with van der Waals surface area (Å²) in [5, 5.41) is 2.75. The van der Waals surface area contributed by atoms with E-state index in [4.69, 9.17) is 10.2 Å². The summed E-state index contributed by atoms with van der Waals surface area (Å²) in [7, 11) is 1.61. The number of nitrogens with two attached hydrogens (primary N) is 1. The van der Waals surface area contributed by atoms with Gasteiger partial charge in [-0.25, -0.2) is 4.79 Å². The molecule has 0 bridgehead atoms. The number of carbonyl (C=O) groups is 1. The maximum atomic E-state index is 11.7. The summed E-state index contributed by atoms with van der Waals surface area (Å²) in [5.74, 6) is -0.831. The number of benzene rings is 1. The van der Waals surface area contributed by atoms with Gasteiger partial charge in [-0.3, -0.25) is 9.36 Å². The number of nitrogens with one attached hydrogen (secondary N) is 1. The number of rotatable bonds is 3. The van der Waals surface area contributed by atoms with Crippen molar-refractivity contribution in [2.24, 2.45) is 18.7 Å². The van der Waals surface area contributed by atoms with Gasteiger partial charge < -0.3 is 15.5 Å². The number of hydrogen-bond acceptors (Lipinski definition) is 4. The number of aryl methyl sites for hydroxylation is 1. The van der Waals surface area contributed by atoms with Crippen LogP contribution >= 0.6 is 12.4 Å². The molecule has 0 radical (unpaired) electrons. The highest BCUT2D eigenvalue weighted by molar-refractivity contribution is 5.94. The highest BCUT2D eigenvalue weighted by Crippen LogP contribution is 2.18. The summed E-state index contributed by atoms with van der Waals surface area (Å²) in [6.07, 6.45) is 0. The first-order chi connectivity index (χ1) is 8.52. The Hall–Kier alpha value is -1.79. The van der Waals surface area contributed by atoms with E-state index in [1.165, 1.54) is 4.57 Å². The van der Waals surface area contributed by atoms with Crippen LogP contribution in [0, 0.1) is 5.92 Å². The second-order valence-corrected chi connectivity index (χ2v) is 4.24. The van der Waals surface area contributed by atoms with Crippen molar-refractivity contribution < 1.29 is 9.21 Å². The van der Waals surface area contributed by atoms with Crippen LogP contribution < -0.4 is 16.8 Å². The molecule has 19 heavy (non-hydrogen) atoms.